The van der Waals surface area contributed by atoms with E-state index in [0.29, 0.717) is 74.1 Å². The van der Waals surface area contributed by atoms with E-state index >= 15 is 0 Å². The molecule has 22 heteroatoms. The van der Waals surface area contributed by atoms with Gasteiger partial charge in [0.1, 0.15) is 26.2 Å². The summed E-state index contributed by atoms with van der Waals surface area (Å²) in [6.07, 6.45) is 24.4. The molecule has 6 heterocycles. The summed E-state index contributed by atoms with van der Waals surface area (Å²) in [5, 5.41) is 87.6. The van der Waals surface area contributed by atoms with Crippen molar-refractivity contribution in [1.82, 2.24) is 0 Å². The van der Waals surface area contributed by atoms with Crippen LogP contribution in [0.25, 0.3) is 0 Å². The fourth-order valence-corrected chi connectivity index (χ4v) is 9.00. The van der Waals surface area contributed by atoms with Gasteiger partial charge in [0.05, 0.1) is 0 Å². The summed E-state index contributed by atoms with van der Waals surface area (Å²) >= 11 is 0. The number of ether oxygens (including phenoxy) is 6. The summed E-state index contributed by atoms with van der Waals surface area (Å²) in [4.78, 5) is 12.0. The molecule has 0 radical (unpaired) electrons. The van der Waals surface area contributed by atoms with Gasteiger partial charge < -0.3 is 69.3 Å². The Bertz CT molecular complexity index is 2310. The Balaban J connectivity index is -0.000000544. The van der Waals surface area contributed by atoms with Crippen molar-refractivity contribution in [2.24, 2.45) is 0 Å². The minimum absolute atomic E-state index is 0. The van der Waals surface area contributed by atoms with Gasteiger partial charge >= 0.3 is 92.2 Å². The standard InChI is InChI=1S/4C14H20NO2.6C4H8O.4Mg/c4*1-14(2,3)12-5-6-13(17)11(9-12)10-15-7-4-8-16;6*1-2-4-5-3-1;;;;/h4*5-6,9-10,17H,4,7-8H2,1-3H3;6*1-4H2;;;;/q4*-1;;;;;;;4*+2. The van der Waals surface area contributed by atoms with Gasteiger partial charge in [0.25, 0.3) is 0 Å². The van der Waals surface area contributed by atoms with Crippen molar-refractivity contribution in [3.8, 4) is 23.0 Å². The van der Waals surface area contributed by atoms with Gasteiger partial charge in [-0.1, -0.05) is 155 Å². The summed E-state index contributed by atoms with van der Waals surface area (Å²) in [7, 11) is 0. The SMILES string of the molecule is C1CCOC1.C1CCOC1.C1CCOC1.C1CCOC1.C1CCOC1.C1CCOC1.CC(C)(C)c1ccc([O-])c(C=[NH+]CCC[O-])c1.CC(C)(C)c1ccc([O-])c(C=[NH+]CCC[O-])c1.CC(C)(C)c1ccc([O-])c(C=[NH+]CCC[O-])c1.CC(C)(C)c1ccc([O-])c(C=[NH+]CCC[O-])c1.[Mg+2].[Mg+2].[Mg+2].[Mg+2]. The molecule has 4 N–H and O–H groups in total. The van der Waals surface area contributed by atoms with Crippen molar-refractivity contribution in [3.05, 3.63) is 117 Å². The Labute approximate surface area is 680 Å². The van der Waals surface area contributed by atoms with Crippen LogP contribution in [-0.4, -0.2) is 249 Å². The Morgan fingerprint density at radius 2 is 0.422 bits per heavy atom. The predicted octanol–water partition coefficient (Wildman–Crippen LogP) is 0.488. The zero-order valence-electron chi connectivity index (χ0n) is 65.2. The molecule has 4 aromatic rings. The van der Waals surface area contributed by atoms with Gasteiger partial charge in [-0.2, -0.15) is 0 Å². The first-order chi connectivity index (χ1) is 46.8. The maximum Gasteiger partial charge on any atom is 2.00 e. The molecule has 102 heavy (non-hydrogen) atoms. The molecule has 0 aromatic heterocycles. The molecule has 0 amide bonds. The molecule has 0 aliphatic carbocycles. The minimum Gasteiger partial charge on any atom is -0.872 e. The van der Waals surface area contributed by atoms with Crippen LogP contribution in [0.1, 0.15) is 230 Å². The quantitative estimate of drug-likeness (QED) is 0.0675. The van der Waals surface area contributed by atoms with Crippen molar-refractivity contribution in [2.45, 2.75) is 207 Å². The molecular weight excluding hydrogens is 1340 g/mol. The number of nitrogens with one attached hydrogen (secondary N) is 4. The number of benzene rings is 4. The fourth-order valence-electron chi connectivity index (χ4n) is 9.00. The maximum absolute atomic E-state index is 11.6. The summed E-state index contributed by atoms with van der Waals surface area (Å²) in [5.74, 6) is 0.0282. The number of hydrogen-bond donors (Lipinski definition) is 4. The second-order valence-electron chi connectivity index (χ2n) is 28.6. The van der Waals surface area contributed by atoms with Gasteiger partial charge in [0, 0.05) is 102 Å². The summed E-state index contributed by atoms with van der Waals surface area (Å²) in [5.41, 5.74) is 7.29. The zero-order valence-corrected chi connectivity index (χ0v) is 70.9. The average Bonchev–Trinajstić information content (AvgIpc) is 1.03. The second-order valence-corrected chi connectivity index (χ2v) is 28.6. The number of hydrogen-bond acceptors (Lipinski definition) is 14. The van der Waals surface area contributed by atoms with Crippen LogP contribution in [0, 0.1) is 0 Å². The summed E-state index contributed by atoms with van der Waals surface area (Å²) in [6, 6.07) is 21.5. The van der Waals surface area contributed by atoms with Gasteiger partial charge in [-0.3, -0.25) is 0 Å². The van der Waals surface area contributed by atoms with E-state index in [1.807, 2.05) is 48.5 Å². The van der Waals surface area contributed by atoms with Crippen LogP contribution >= 0.6 is 0 Å². The molecule has 10 rings (SSSR count). The number of rotatable bonds is 16. The normalized spacial score (nSPS) is 15.2. The molecule has 0 unspecified atom stereocenters. The molecular formula is C80H128Mg4N4O14+4. The van der Waals surface area contributed by atoms with E-state index in [2.05, 4.69) is 103 Å². The third-order valence-corrected chi connectivity index (χ3v) is 15.4. The Hall–Kier alpha value is -2.58. The minimum atomic E-state index is -0.0902. The van der Waals surface area contributed by atoms with Crippen LogP contribution < -0.4 is 60.8 Å². The van der Waals surface area contributed by atoms with Crippen LogP contribution in [-0.2, 0) is 50.1 Å². The Morgan fingerprint density at radius 3 is 0.529 bits per heavy atom. The molecule has 0 atom stereocenters. The van der Waals surface area contributed by atoms with Gasteiger partial charge in [0.15, 0.2) is 24.9 Å². The van der Waals surface area contributed by atoms with Crippen molar-refractivity contribution in [1.29, 1.82) is 0 Å². The zero-order chi connectivity index (χ0) is 72.8. The first-order valence-electron chi connectivity index (χ1n) is 36.1. The Morgan fingerprint density at radius 1 is 0.275 bits per heavy atom. The smallest absolute Gasteiger partial charge is 0.872 e. The average molecular weight is 1470 g/mol. The molecule has 18 nitrogen and oxygen atoms in total. The van der Waals surface area contributed by atoms with Gasteiger partial charge in [-0.15, -0.1) is 26.4 Å². The molecule has 556 valence electrons. The van der Waals surface area contributed by atoms with Crippen molar-refractivity contribution in [2.75, 3.05) is 132 Å². The summed E-state index contributed by atoms with van der Waals surface area (Å²) < 4.78 is 29.7. The van der Waals surface area contributed by atoms with Gasteiger partial charge in [-0.25, -0.2) is 20.0 Å². The molecule has 0 bridgehead atoms. The molecule has 0 saturated carbocycles. The van der Waals surface area contributed by atoms with Crippen LogP contribution in [0.2, 0.25) is 0 Å². The third kappa shape index (κ3) is 55.8. The topological polar surface area (TPSA) is 296 Å². The molecule has 6 aliphatic heterocycles. The maximum atomic E-state index is 11.6. The van der Waals surface area contributed by atoms with Gasteiger partial charge in [0.2, 0.25) is 0 Å². The van der Waals surface area contributed by atoms with E-state index in [4.69, 9.17) is 28.4 Å². The molecule has 6 saturated heterocycles. The van der Waals surface area contributed by atoms with Crippen molar-refractivity contribution in [3.63, 3.8) is 0 Å². The monoisotopic (exact) mass is 1460 g/mol. The first kappa shape index (κ1) is 106. The predicted molar refractivity (Wildman–Crippen MR) is 404 cm³/mol. The largest absolute Gasteiger partial charge is 2.00 e. The van der Waals surface area contributed by atoms with E-state index in [9.17, 15) is 40.9 Å². The van der Waals surface area contributed by atoms with Crippen LogP contribution in [0.3, 0.4) is 0 Å². The molecule has 6 aliphatic rings. The van der Waals surface area contributed by atoms with Crippen LogP contribution in [0.4, 0.5) is 0 Å². The van der Waals surface area contributed by atoms with E-state index < -0.39 is 0 Å². The van der Waals surface area contributed by atoms with E-state index in [0.717, 1.165) is 102 Å². The van der Waals surface area contributed by atoms with Crippen LogP contribution in [0.15, 0.2) is 72.8 Å². The second kappa shape index (κ2) is 65.5. The van der Waals surface area contributed by atoms with E-state index in [-0.39, 0.29) is 163 Å². The molecule has 0 spiro atoms. The van der Waals surface area contributed by atoms with Crippen molar-refractivity contribution >= 4 is 117 Å². The Kier molecular flexibility index (Phi) is 67.9. The van der Waals surface area contributed by atoms with Crippen molar-refractivity contribution < 1.29 is 89.2 Å². The van der Waals surface area contributed by atoms with Gasteiger partial charge in [-0.05, 0) is 171 Å². The third-order valence-electron chi connectivity index (χ3n) is 15.4. The summed E-state index contributed by atoms with van der Waals surface area (Å²) in [6.45, 7) is 39.4. The van der Waals surface area contributed by atoms with E-state index in [1.54, 1.807) is 49.1 Å². The fraction of sp³-hybridized carbons (Fsp3) is 0.650. The van der Waals surface area contributed by atoms with Crippen LogP contribution in [0.5, 0.6) is 23.0 Å². The molecule has 4 aromatic carbocycles. The van der Waals surface area contributed by atoms with E-state index in [1.165, 1.54) is 77.0 Å². The molecule has 6 fully saturated rings. The first-order valence-corrected chi connectivity index (χ1v) is 36.1.